The summed E-state index contributed by atoms with van der Waals surface area (Å²) in [5, 5.41) is 3.39. The minimum Gasteiger partial charge on any atom is -0.465 e. The molecule has 1 aliphatic heterocycles. The van der Waals surface area contributed by atoms with Crippen molar-refractivity contribution in [2.75, 3.05) is 19.8 Å². The van der Waals surface area contributed by atoms with E-state index in [4.69, 9.17) is 14.2 Å². The average Bonchev–Trinajstić information content (AvgIpc) is 2.68. The van der Waals surface area contributed by atoms with Crippen LogP contribution >= 0.6 is 0 Å². The van der Waals surface area contributed by atoms with Crippen molar-refractivity contribution in [2.24, 2.45) is 0 Å². The lowest BCUT2D eigenvalue weighted by Gasteiger charge is -2.32. The Labute approximate surface area is 115 Å². The fourth-order valence-electron chi connectivity index (χ4n) is 2.88. The van der Waals surface area contributed by atoms with Crippen LogP contribution in [0.1, 0.15) is 40.0 Å². The Bertz CT molecular complexity index is 317. The van der Waals surface area contributed by atoms with Crippen LogP contribution in [0.4, 0.5) is 0 Å². The first-order valence-electron chi connectivity index (χ1n) is 7.24. The van der Waals surface area contributed by atoms with E-state index in [0.29, 0.717) is 26.2 Å². The molecule has 2 fully saturated rings. The van der Waals surface area contributed by atoms with Gasteiger partial charge in [-0.25, -0.2) is 0 Å². The SMILES string of the molecule is CCOC(=O)C1(NC(C)C)CCC(OC2COC2)C1. The number of carbonyl (C=O) groups is 1. The molecule has 1 aliphatic carbocycles. The first-order valence-corrected chi connectivity index (χ1v) is 7.24. The zero-order chi connectivity index (χ0) is 13.9. The van der Waals surface area contributed by atoms with Crippen LogP contribution in [-0.4, -0.2) is 49.6 Å². The molecule has 110 valence electrons. The fourth-order valence-corrected chi connectivity index (χ4v) is 2.88. The van der Waals surface area contributed by atoms with Gasteiger partial charge in [0.25, 0.3) is 0 Å². The molecule has 1 N–H and O–H groups in total. The minimum atomic E-state index is -0.570. The monoisotopic (exact) mass is 271 g/mol. The Morgan fingerprint density at radius 2 is 2.16 bits per heavy atom. The Balaban J connectivity index is 1.96. The molecule has 1 saturated heterocycles. The molecule has 5 nitrogen and oxygen atoms in total. The van der Waals surface area contributed by atoms with E-state index in [1.807, 2.05) is 6.92 Å². The van der Waals surface area contributed by atoms with Crippen molar-refractivity contribution in [3.05, 3.63) is 0 Å². The maximum absolute atomic E-state index is 12.3. The second-order valence-electron chi connectivity index (χ2n) is 5.76. The van der Waals surface area contributed by atoms with Gasteiger partial charge in [-0.2, -0.15) is 0 Å². The summed E-state index contributed by atoms with van der Waals surface area (Å²) in [5.74, 6) is -0.139. The number of hydrogen-bond donors (Lipinski definition) is 1. The summed E-state index contributed by atoms with van der Waals surface area (Å²) in [4.78, 5) is 12.3. The summed E-state index contributed by atoms with van der Waals surface area (Å²) in [6.45, 7) is 7.73. The molecule has 0 bridgehead atoms. The van der Waals surface area contributed by atoms with Gasteiger partial charge < -0.3 is 14.2 Å². The lowest BCUT2D eigenvalue weighted by Crippen LogP contribution is -2.54. The molecule has 2 aliphatic rings. The van der Waals surface area contributed by atoms with Crippen LogP contribution in [0, 0.1) is 0 Å². The number of esters is 1. The van der Waals surface area contributed by atoms with Gasteiger partial charge >= 0.3 is 5.97 Å². The van der Waals surface area contributed by atoms with Crippen LogP contribution in [0.5, 0.6) is 0 Å². The summed E-state index contributed by atoms with van der Waals surface area (Å²) in [6.07, 6.45) is 2.71. The highest BCUT2D eigenvalue weighted by Gasteiger charge is 2.48. The van der Waals surface area contributed by atoms with Crippen molar-refractivity contribution < 1.29 is 19.0 Å². The molecule has 2 unspecified atom stereocenters. The largest absolute Gasteiger partial charge is 0.465 e. The summed E-state index contributed by atoms with van der Waals surface area (Å²) in [5.41, 5.74) is -0.570. The summed E-state index contributed by atoms with van der Waals surface area (Å²) in [6, 6.07) is 0.246. The molecule has 2 atom stereocenters. The molecular weight excluding hydrogens is 246 g/mol. The molecule has 0 aromatic heterocycles. The molecule has 0 aromatic rings. The molecule has 0 radical (unpaired) electrons. The molecule has 0 spiro atoms. The first-order chi connectivity index (χ1) is 9.05. The van der Waals surface area contributed by atoms with E-state index in [1.54, 1.807) is 0 Å². The highest BCUT2D eigenvalue weighted by molar-refractivity contribution is 5.81. The first kappa shape index (κ1) is 14.8. The minimum absolute atomic E-state index is 0.129. The van der Waals surface area contributed by atoms with Crippen LogP contribution in [0.15, 0.2) is 0 Å². The van der Waals surface area contributed by atoms with Crippen LogP contribution in [-0.2, 0) is 19.0 Å². The van der Waals surface area contributed by atoms with Gasteiger partial charge in [-0.05, 0) is 33.6 Å². The Morgan fingerprint density at radius 3 is 2.68 bits per heavy atom. The van der Waals surface area contributed by atoms with E-state index < -0.39 is 5.54 Å². The lowest BCUT2D eigenvalue weighted by molar-refractivity contribution is -0.159. The van der Waals surface area contributed by atoms with E-state index in [9.17, 15) is 4.79 Å². The van der Waals surface area contributed by atoms with Gasteiger partial charge in [0.15, 0.2) is 0 Å². The smallest absolute Gasteiger partial charge is 0.326 e. The third-order valence-corrected chi connectivity index (χ3v) is 3.69. The normalized spacial score (nSPS) is 31.5. The van der Waals surface area contributed by atoms with Crippen molar-refractivity contribution in [3.63, 3.8) is 0 Å². The number of nitrogens with one attached hydrogen (secondary N) is 1. The zero-order valence-corrected chi connectivity index (χ0v) is 12.1. The molecule has 19 heavy (non-hydrogen) atoms. The van der Waals surface area contributed by atoms with Gasteiger partial charge in [-0.1, -0.05) is 0 Å². The van der Waals surface area contributed by atoms with Gasteiger partial charge in [0, 0.05) is 12.5 Å². The van der Waals surface area contributed by atoms with E-state index in [2.05, 4.69) is 19.2 Å². The third kappa shape index (κ3) is 3.46. The van der Waals surface area contributed by atoms with Crippen LogP contribution < -0.4 is 5.32 Å². The van der Waals surface area contributed by atoms with Crippen LogP contribution in [0.3, 0.4) is 0 Å². The van der Waals surface area contributed by atoms with Crippen molar-refractivity contribution in [2.45, 2.75) is 63.8 Å². The van der Waals surface area contributed by atoms with E-state index in [-0.39, 0.29) is 24.2 Å². The Hall–Kier alpha value is -0.650. The Morgan fingerprint density at radius 1 is 1.42 bits per heavy atom. The Kier molecular flexibility index (Phi) is 4.81. The van der Waals surface area contributed by atoms with Gasteiger partial charge in [0.05, 0.1) is 25.9 Å². The second-order valence-corrected chi connectivity index (χ2v) is 5.76. The van der Waals surface area contributed by atoms with E-state index >= 15 is 0 Å². The summed E-state index contributed by atoms with van der Waals surface area (Å²) >= 11 is 0. The van der Waals surface area contributed by atoms with Gasteiger partial charge in [0.2, 0.25) is 0 Å². The average molecular weight is 271 g/mol. The maximum Gasteiger partial charge on any atom is 0.326 e. The van der Waals surface area contributed by atoms with Crippen molar-refractivity contribution >= 4 is 5.97 Å². The van der Waals surface area contributed by atoms with Gasteiger partial charge in [-0.15, -0.1) is 0 Å². The number of ether oxygens (including phenoxy) is 3. The van der Waals surface area contributed by atoms with Crippen molar-refractivity contribution in [1.29, 1.82) is 0 Å². The predicted molar refractivity (Wildman–Crippen MR) is 71.0 cm³/mol. The quantitative estimate of drug-likeness (QED) is 0.737. The highest BCUT2D eigenvalue weighted by Crippen LogP contribution is 2.34. The molecule has 5 heteroatoms. The number of hydrogen-bond acceptors (Lipinski definition) is 5. The van der Waals surface area contributed by atoms with Crippen LogP contribution in [0.2, 0.25) is 0 Å². The molecule has 2 rings (SSSR count). The number of carbonyl (C=O) groups excluding carboxylic acids is 1. The second kappa shape index (κ2) is 6.20. The maximum atomic E-state index is 12.3. The lowest BCUT2D eigenvalue weighted by atomic mass is 9.96. The molecule has 0 aromatic carbocycles. The van der Waals surface area contributed by atoms with Crippen molar-refractivity contribution in [1.82, 2.24) is 5.32 Å². The standard InChI is InChI=1S/C14H25NO4/c1-4-18-13(16)14(15-10(2)3)6-5-11(7-14)19-12-8-17-9-12/h10-12,15H,4-9H2,1-3H3. The van der Waals surface area contributed by atoms with Crippen LogP contribution in [0.25, 0.3) is 0 Å². The topological polar surface area (TPSA) is 56.8 Å². The van der Waals surface area contributed by atoms with Crippen molar-refractivity contribution in [3.8, 4) is 0 Å². The molecule has 0 amide bonds. The molecule has 1 saturated carbocycles. The van der Waals surface area contributed by atoms with E-state index in [0.717, 1.165) is 12.8 Å². The highest BCUT2D eigenvalue weighted by atomic mass is 16.6. The fraction of sp³-hybridized carbons (Fsp3) is 0.929. The van der Waals surface area contributed by atoms with Gasteiger partial charge in [-0.3, -0.25) is 10.1 Å². The summed E-state index contributed by atoms with van der Waals surface area (Å²) in [7, 11) is 0. The number of rotatable bonds is 6. The zero-order valence-electron chi connectivity index (χ0n) is 12.1. The van der Waals surface area contributed by atoms with E-state index in [1.165, 1.54) is 0 Å². The molecular formula is C14H25NO4. The molecule has 1 heterocycles. The third-order valence-electron chi connectivity index (χ3n) is 3.69. The predicted octanol–water partition coefficient (Wildman–Crippen LogP) is 1.25. The van der Waals surface area contributed by atoms with Gasteiger partial charge in [0.1, 0.15) is 11.6 Å². The summed E-state index contributed by atoms with van der Waals surface area (Å²) < 4.78 is 16.3.